The van der Waals surface area contributed by atoms with Crippen LogP contribution in [-0.2, 0) is 11.3 Å². The summed E-state index contributed by atoms with van der Waals surface area (Å²) in [6.07, 6.45) is 2.03. The van der Waals surface area contributed by atoms with Gasteiger partial charge in [0, 0.05) is 35.3 Å². The molecule has 1 atom stereocenters. The molecule has 1 aliphatic rings. The maximum absolute atomic E-state index is 10.3. The smallest absolute Gasteiger partial charge is 0.162 e. The van der Waals surface area contributed by atoms with Crippen molar-refractivity contribution in [3.63, 3.8) is 0 Å². The molecule has 4 rings (SSSR count). The van der Waals surface area contributed by atoms with Gasteiger partial charge in [0.05, 0.1) is 24.9 Å². The zero-order valence-corrected chi connectivity index (χ0v) is 16.8. The fraction of sp³-hybridized carbons (Fsp3) is 0.368. The van der Waals surface area contributed by atoms with Crippen LogP contribution in [0.15, 0.2) is 30.5 Å². The van der Waals surface area contributed by atoms with Crippen LogP contribution in [0.1, 0.15) is 5.56 Å². The summed E-state index contributed by atoms with van der Waals surface area (Å²) < 4.78 is 7.70. The third-order valence-corrected chi connectivity index (χ3v) is 5.19. The van der Waals surface area contributed by atoms with E-state index in [2.05, 4.69) is 26.7 Å². The predicted octanol–water partition coefficient (Wildman–Crippen LogP) is 3.52. The first kappa shape index (κ1) is 19.9. The van der Waals surface area contributed by atoms with E-state index in [0.717, 1.165) is 42.9 Å². The van der Waals surface area contributed by atoms with Gasteiger partial charge in [-0.05, 0) is 43.8 Å². The molecule has 1 aromatic carbocycles. The molecule has 2 aromatic heterocycles. The zero-order valence-electron chi connectivity index (χ0n) is 15.2. The van der Waals surface area contributed by atoms with Crippen molar-refractivity contribution in [1.29, 1.82) is 0 Å². The molecule has 0 bridgehead atoms. The number of nitrogens with zero attached hydrogens (tertiary/aromatic N) is 4. The highest BCUT2D eigenvalue weighted by Crippen LogP contribution is 2.34. The van der Waals surface area contributed by atoms with Crippen LogP contribution in [0.3, 0.4) is 0 Å². The maximum Gasteiger partial charge on any atom is 0.162 e. The molecule has 1 N–H and O–H groups in total. The van der Waals surface area contributed by atoms with Crippen molar-refractivity contribution in [3.05, 3.63) is 41.0 Å². The second-order valence-electron chi connectivity index (χ2n) is 6.80. The van der Waals surface area contributed by atoms with Crippen LogP contribution in [0.4, 0.5) is 0 Å². The van der Waals surface area contributed by atoms with Gasteiger partial charge in [0.25, 0.3) is 0 Å². The van der Waals surface area contributed by atoms with E-state index in [-0.39, 0.29) is 18.2 Å². The summed E-state index contributed by atoms with van der Waals surface area (Å²) in [4.78, 5) is 2.31. The Balaban J connectivity index is 0.00000210. The van der Waals surface area contributed by atoms with Crippen molar-refractivity contribution >= 4 is 35.0 Å². The first-order valence-corrected chi connectivity index (χ1v) is 9.01. The van der Waals surface area contributed by atoms with Crippen LogP contribution in [0.25, 0.3) is 22.3 Å². The monoisotopic (exact) mass is 408 g/mol. The molecule has 8 heteroatoms. The van der Waals surface area contributed by atoms with Gasteiger partial charge in [-0.1, -0.05) is 11.6 Å². The van der Waals surface area contributed by atoms with Crippen LogP contribution in [0.2, 0.25) is 5.02 Å². The molecular formula is C19H22Cl2N4O2. The molecule has 0 aliphatic carbocycles. The zero-order chi connectivity index (χ0) is 18.3. The number of hydrogen-bond acceptors (Lipinski definition) is 5. The average Bonchev–Trinajstić information content (AvgIpc) is 2.98. The first-order chi connectivity index (χ1) is 12.5. The molecule has 3 heterocycles. The summed E-state index contributed by atoms with van der Waals surface area (Å²) in [5.74, 6) is 0.115. The van der Waals surface area contributed by atoms with E-state index in [1.165, 1.54) is 6.07 Å². The number of aromatic hydroxyl groups is 1. The van der Waals surface area contributed by atoms with E-state index in [9.17, 15) is 5.11 Å². The number of hydrogen-bond donors (Lipinski definition) is 1. The lowest BCUT2D eigenvalue weighted by Gasteiger charge is -2.32. The van der Waals surface area contributed by atoms with Gasteiger partial charge in [0.2, 0.25) is 0 Å². The van der Waals surface area contributed by atoms with E-state index in [0.29, 0.717) is 22.3 Å². The standard InChI is InChI=1S/C19H21ClN4O2.ClH/c1-12-7-14(20)9-17(25)18(12)16-8-13-3-4-24(19(13)22-21-16)10-15-11-26-6-5-23(15)2;/h3-4,7-9,15,25H,5-6,10-11H2,1-2H3;1H. The van der Waals surface area contributed by atoms with Crippen molar-refractivity contribution in [2.75, 3.05) is 26.8 Å². The minimum Gasteiger partial charge on any atom is -0.507 e. The normalized spacial score (nSPS) is 17.8. The number of fused-ring (bicyclic) bond motifs is 1. The molecule has 144 valence electrons. The van der Waals surface area contributed by atoms with Gasteiger partial charge in [-0.3, -0.25) is 4.90 Å². The Kier molecular flexibility index (Phi) is 5.91. The highest BCUT2D eigenvalue weighted by molar-refractivity contribution is 6.31. The molecule has 0 spiro atoms. The average molecular weight is 409 g/mol. The second kappa shape index (κ2) is 8.02. The minimum absolute atomic E-state index is 0. The Morgan fingerprint density at radius 2 is 2.11 bits per heavy atom. The summed E-state index contributed by atoms with van der Waals surface area (Å²) >= 11 is 6.00. The van der Waals surface area contributed by atoms with Crippen molar-refractivity contribution in [2.24, 2.45) is 0 Å². The van der Waals surface area contributed by atoms with Gasteiger partial charge in [-0.25, -0.2) is 0 Å². The first-order valence-electron chi connectivity index (χ1n) is 8.63. The van der Waals surface area contributed by atoms with E-state index in [1.54, 1.807) is 0 Å². The largest absolute Gasteiger partial charge is 0.507 e. The predicted molar refractivity (Wildman–Crippen MR) is 109 cm³/mol. The summed E-state index contributed by atoms with van der Waals surface area (Å²) in [6, 6.07) is 7.64. The number of aryl methyl sites for hydroxylation is 1. The van der Waals surface area contributed by atoms with Crippen LogP contribution in [0.5, 0.6) is 5.75 Å². The fourth-order valence-corrected chi connectivity index (χ4v) is 3.74. The molecule has 1 fully saturated rings. The van der Waals surface area contributed by atoms with Gasteiger partial charge in [0.15, 0.2) is 5.65 Å². The van der Waals surface area contributed by atoms with Gasteiger partial charge in [-0.15, -0.1) is 22.6 Å². The number of likely N-dealkylation sites (N-methyl/N-ethyl adjacent to an activating group) is 1. The van der Waals surface area contributed by atoms with E-state index < -0.39 is 0 Å². The van der Waals surface area contributed by atoms with Crippen molar-refractivity contribution in [2.45, 2.75) is 19.5 Å². The molecule has 3 aromatic rings. The minimum atomic E-state index is 0. The molecule has 27 heavy (non-hydrogen) atoms. The van der Waals surface area contributed by atoms with Crippen LogP contribution < -0.4 is 0 Å². The third kappa shape index (κ3) is 3.89. The number of phenolic OH excluding ortho intramolecular Hbond substituents is 1. The Hall–Kier alpha value is -1.86. The summed E-state index contributed by atoms with van der Waals surface area (Å²) in [6.45, 7) is 5.15. The van der Waals surface area contributed by atoms with Crippen LogP contribution in [-0.4, -0.2) is 57.6 Å². The van der Waals surface area contributed by atoms with Gasteiger partial charge < -0.3 is 14.4 Å². The number of halogens is 2. The Morgan fingerprint density at radius 1 is 1.30 bits per heavy atom. The number of benzene rings is 1. The topological polar surface area (TPSA) is 63.4 Å². The fourth-order valence-electron chi connectivity index (χ4n) is 3.47. The van der Waals surface area contributed by atoms with Gasteiger partial charge in [0.1, 0.15) is 5.75 Å². The van der Waals surface area contributed by atoms with Gasteiger partial charge in [-0.2, -0.15) is 0 Å². The number of ether oxygens (including phenoxy) is 1. The maximum atomic E-state index is 10.3. The Bertz CT molecular complexity index is 937. The summed E-state index contributed by atoms with van der Waals surface area (Å²) in [5.41, 5.74) is 3.00. The lowest BCUT2D eigenvalue weighted by Crippen LogP contribution is -2.45. The number of rotatable bonds is 3. The van der Waals surface area contributed by atoms with Crippen molar-refractivity contribution < 1.29 is 9.84 Å². The Morgan fingerprint density at radius 3 is 2.85 bits per heavy atom. The highest BCUT2D eigenvalue weighted by atomic mass is 35.5. The van der Waals surface area contributed by atoms with Crippen molar-refractivity contribution in [3.8, 4) is 17.0 Å². The highest BCUT2D eigenvalue weighted by Gasteiger charge is 2.21. The quantitative estimate of drug-likeness (QED) is 0.717. The molecule has 1 aliphatic heterocycles. The number of phenols is 1. The molecule has 0 radical (unpaired) electrons. The number of morpholine rings is 1. The van der Waals surface area contributed by atoms with Crippen LogP contribution in [0, 0.1) is 6.92 Å². The van der Waals surface area contributed by atoms with Crippen molar-refractivity contribution in [1.82, 2.24) is 19.7 Å². The van der Waals surface area contributed by atoms with E-state index in [4.69, 9.17) is 16.3 Å². The molecule has 6 nitrogen and oxygen atoms in total. The Labute approximate surface area is 169 Å². The molecule has 0 amide bonds. The third-order valence-electron chi connectivity index (χ3n) is 4.97. The SMILES string of the molecule is Cc1cc(Cl)cc(O)c1-c1cc2ccn(CC3COCCN3C)c2nn1.Cl. The lowest BCUT2D eigenvalue weighted by molar-refractivity contribution is 0.000181. The molecule has 0 saturated carbocycles. The van der Waals surface area contributed by atoms with Gasteiger partial charge >= 0.3 is 0 Å². The summed E-state index contributed by atoms with van der Waals surface area (Å²) in [7, 11) is 2.12. The molecule has 1 unspecified atom stereocenters. The lowest BCUT2D eigenvalue weighted by atomic mass is 10.0. The van der Waals surface area contributed by atoms with E-state index in [1.807, 2.05) is 31.3 Å². The second-order valence-corrected chi connectivity index (χ2v) is 7.24. The number of aromatic nitrogens is 3. The molecular weight excluding hydrogens is 387 g/mol. The van der Waals surface area contributed by atoms with E-state index >= 15 is 0 Å². The summed E-state index contributed by atoms with van der Waals surface area (Å²) in [5, 5.41) is 20.5. The van der Waals surface area contributed by atoms with Crippen LogP contribution >= 0.6 is 24.0 Å². The molecule has 1 saturated heterocycles.